The highest BCUT2D eigenvalue weighted by atomic mass is 16.4. The molecule has 110 valence electrons. The Morgan fingerprint density at radius 1 is 1.14 bits per heavy atom. The Kier molecular flexibility index (Phi) is 3.63. The van der Waals surface area contributed by atoms with E-state index in [-0.39, 0.29) is 5.56 Å². The van der Waals surface area contributed by atoms with Crippen LogP contribution in [0, 0.1) is 6.92 Å². The second kappa shape index (κ2) is 5.60. The molecule has 0 saturated heterocycles. The Morgan fingerprint density at radius 2 is 1.86 bits per heavy atom. The third-order valence-corrected chi connectivity index (χ3v) is 3.92. The van der Waals surface area contributed by atoms with Crippen LogP contribution in [0.1, 0.15) is 28.4 Å². The summed E-state index contributed by atoms with van der Waals surface area (Å²) in [5.74, 6) is -1.18. The van der Waals surface area contributed by atoms with Crippen LogP contribution >= 0.6 is 0 Å². The number of aromatic carboxylic acids is 1. The van der Waals surface area contributed by atoms with Crippen molar-refractivity contribution in [3.8, 4) is 11.3 Å². The molecule has 0 aliphatic heterocycles. The Balaban J connectivity index is 2.25. The molecule has 3 rings (SSSR count). The second-order valence-electron chi connectivity index (χ2n) is 5.36. The van der Waals surface area contributed by atoms with Gasteiger partial charge in [-0.3, -0.25) is 0 Å². The molecule has 0 fully saturated rings. The minimum Gasteiger partial charge on any atom is -0.545 e. The molecule has 22 heavy (non-hydrogen) atoms. The van der Waals surface area contributed by atoms with E-state index in [9.17, 15) is 9.90 Å². The molecule has 0 radical (unpaired) electrons. The zero-order valence-electron chi connectivity index (χ0n) is 12.6. The van der Waals surface area contributed by atoms with Crippen molar-refractivity contribution in [2.24, 2.45) is 0 Å². The highest BCUT2D eigenvalue weighted by Crippen LogP contribution is 2.26. The molecule has 0 saturated carbocycles. The topological polar surface area (TPSA) is 53.0 Å². The molecule has 0 atom stereocenters. The summed E-state index contributed by atoms with van der Waals surface area (Å²) < 4.78 is 0. The number of aromatic nitrogens is 1. The zero-order chi connectivity index (χ0) is 15.7. The lowest BCUT2D eigenvalue weighted by atomic mass is 10.0. The van der Waals surface area contributed by atoms with Gasteiger partial charge in [-0.1, -0.05) is 49.4 Å². The number of nitrogens with zero attached hydrogens (tertiary/aromatic N) is 1. The Hall–Kier alpha value is -2.68. The van der Waals surface area contributed by atoms with Crippen molar-refractivity contribution in [2.45, 2.75) is 20.3 Å². The van der Waals surface area contributed by atoms with Gasteiger partial charge in [-0.15, -0.1) is 0 Å². The Bertz CT molecular complexity index is 851. The molecular weight excluding hydrogens is 274 g/mol. The number of carbonyl (C=O) groups excluding carboxylic acids is 1. The third-order valence-electron chi connectivity index (χ3n) is 3.92. The molecular formula is C19H16NO2-. The molecule has 0 spiro atoms. The molecule has 3 aromatic rings. The molecule has 0 amide bonds. The first-order valence-corrected chi connectivity index (χ1v) is 7.31. The van der Waals surface area contributed by atoms with Gasteiger partial charge in [0.25, 0.3) is 0 Å². The summed E-state index contributed by atoms with van der Waals surface area (Å²) in [6.45, 7) is 4.03. The van der Waals surface area contributed by atoms with Crippen molar-refractivity contribution in [1.29, 1.82) is 0 Å². The van der Waals surface area contributed by atoms with Crippen LogP contribution in [0.5, 0.6) is 0 Å². The molecule has 2 aromatic carbocycles. The van der Waals surface area contributed by atoms with Crippen molar-refractivity contribution < 1.29 is 9.90 Å². The van der Waals surface area contributed by atoms with Gasteiger partial charge in [-0.25, -0.2) is 4.98 Å². The van der Waals surface area contributed by atoms with Crippen LogP contribution in [-0.4, -0.2) is 11.0 Å². The number of rotatable bonds is 3. The fraction of sp³-hybridized carbons (Fsp3) is 0.158. The van der Waals surface area contributed by atoms with E-state index >= 15 is 0 Å². The molecule has 1 aromatic heterocycles. The van der Waals surface area contributed by atoms with Crippen LogP contribution in [0.15, 0.2) is 48.5 Å². The van der Waals surface area contributed by atoms with Crippen molar-refractivity contribution in [1.82, 2.24) is 4.98 Å². The fourth-order valence-electron chi connectivity index (χ4n) is 2.62. The van der Waals surface area contributed by atoms with Gasteiger partial charge in [-0.05, 0) is 30.5 Å². The van der Waals surface area contributed by atoms with Gasteiger partial charge in [0, 0.05) is 16.5 Å². The maximum Gasteiger partial charge on any atom is 0.0745 e. The smallest absolute Gasteiger partial charge is 0.0745 e. The van der Waals surface area contributed by atoms with Crippen LogP contribution in [0.2, 0.25) is 0 Å². The summed E-state index contributed by atoms with van der Waals surface area (Å²) in [5.41, 5.74) is 4.64. The lowest BCUT2D eigenvalue weighted by Crippen LogP contribution is -2.22. The molecule has 0 bridgehead atoms. The van der Waals surface area contributed by atoms with Crippen LogP contribution in [0.25, 0.3) is 22.2 Å². The normalized spacial score (nSPS) is 10.8. The summed E-state index contributed by atoms with van der Waals surface area (Å²) in [4.78, 5) is 16.1. The standard InChI is InChI=1S/C19H17NO2/c1-3-13-7-9-14(10-8-13)17-11-16(19(21)22)15-6-4-5-12(2)18(15)20-17/h4-11H,3H2,1-2H3,(H,21,22)/p-1. The number of fused-ring (bicyclic) bond motifs is 1. The minimum atomic E-state index is -1.18. The molecule has 3 heteroatoms. The average molecular weight is 290 g/mol. The number of pyridine rings is 1. The maximum absolute atomic E-state index is 11.5. The van der Waals surface area contributed by atoms with Gasteiger partial charge in [-0.2, -0.15) is 0 Å². The number of hydrogen-bond acceptors (Lipinski definition) is 3. The van der Waals surface area contributed by atoms with Crippen molar-refractivity contribution in [3.05, 3.63) is 65.2 Å². The summed E-state index contributed by atoms with van der Waals surface area (Å²) in [6, 6.07) is 15.2. The molecule has 0 aliphatic rings. The van der Waals surface area contributed by atoms with E-state index < -0.39 is 5.97 Å². The first-order valence-electron chi connectivity index (χ1n) is 7.31. The Morgan fingerprint density at radius 3 is 2.50 bits per heavy atom. The zero-order valence-corrected chi connectivity index (χ0v) is 12.6. The predicted molar refractivity (Wildman–Crippen MR) is 85.6 cm³/mol. The summed E-state index contributed by atoms with van der Waals surface area (Å²) in [7, 11) is 0. The summed E-state index contributed by atoms with van der Waals surface area (Å²) >= 11 is 0. The van der Waals surface area contributed by atoms with Crippen LogP contribution in [-0.2, 0) is 6.42 Å². The maximum atomic E-state index is 11.5. The number of benzene rings is 2. The third kappa shape index (κ3) is 2.46. The predicted octanol–water partition coefficient (Wildman–Crippen LogP) is 3.14. The van der Waals surface area contributed by atoms with Gasteiger partial charge < -0.3 is 9.90 Å². The van der Waals surface area contributed by atoms with Crippen molar-refractivity contribution in [3.63, 3.8) is 0 Å². The highest BCUT2D eigenvalue weighted by Gasteiger charge is 2.10. The number of carboxylic acids is 1. The van der Waals surface area contributed by atoms with E-state index in [2.05, 4.69) is 11.9 Å². The lowest BCUT2D eigenvalue weighted by Gasteiger charge is -2.12. The van der Waals surface area contributed by atoms with Crippen LogP contribution in [0.3, 0.4) is 0 Å². The number of carbonyl (C=O) groups is 1. The van der Waals surface area contributed by atoms with E-state index in [0.717, 1.165) is 17.5 Å². The summed E-state index contributed by atoms with van der Waals surface area (Å²) in [5, 5.41) is 12.1. The van der Waals surface area contributed by atoms with Gasteiger partial charge >= 0.3 is 0 Å². The monoisotopic (exact) mass is 290 g/mol. The first kappa shape index (κ1) is 14.3. The number of aryl methyl sites for hydroxylation is 2. The minimum absolute atomic E-state index is 0.184. The van der Waals surface area contributed by atoms with Crippen LogP contribution < -0.4 is 5.11 Å². The average Bonchev–Trinajstić information content (AvgIpc) is 2.54. The van der Waals surface area contributed by atoms with Crippen LogP contribution in [0.4, 0.5) is 0 Å². The molecule has 0 aliphatic carbocycles. The lowest BCUT2D eigenvalue weighted by molar-refractivity contribution is -0.254. The van der Waals surface area contributed by atoms with Gasteiger partial charge in [0.1, 0.15) is 0 Å². The van der Waals surface area contributed by atoms with E-state index in [0.29, 0.717) is 16.6 Å². The Labute approximate surface area is 129 Å². The number of hydrogen-bond donors (Lipinski definition) is 0. The fourth-order valence-corrected chi connectivity index (χ4v) is 2.62. The SMILES string of the molecule is CCc1ccc(-c2cc(C(=O)[O-])c3cccc(C)c3n2)cc1. The number of carboxylic acid groups (broad SMARTS) is 1. The van der Waals surface area contributed by atoms with E-state index in [1.54, 1.807) is 12.1 Å². The largest absolute Gasteiger partial charge is 0.545 e. The molecule has 3 nitrogen and oxygen atoms in total. The molecule has 1 heterocycles. The van der Waals surface area contributed by atoms with E-state index in [4.69, 9.17) is 0 Å². The number of para-hydroxylation sites is 1. The van der Waals surface area contributed by atoms with Gasteiger partial charge in [0.05, 0.1) is 17.2 Å². The first-order chi connectivity index (χ1) is 10.6. The molecule has 0 N–H and O–H groups in total. The quantitative estimate of drug-likeness (QED) is 0.744. The van der Waals surface area contributed by atoms with Crippen molar-refractivity contribution >= 4 is 16.9 Å². The van der Waals surface area contributed by atoms with E-state index in [1.165, 1.54) is 5.56 Å². The summed E-state index contributed by atoms with van der Waals surface area (Å²) in [6.07, 6.45) is 0.967. The highest BCUT2D eigenvalue weighted by molar-refractivity contribution is 6.03. The van der Waals surface area contributed by atoms with Gasteiger partial charge in [0.2, 0.25) is 0 Å². The van der Waals surface area contributed by atoms with E-state index in [1.807, 2.05) is 43.3 Å². The van der Waals surface area contributed by atoms with Gasteiger partial charge in [0.15, 0.2) is 0 Å². The molecule has 0 unspecified atom stereocenters. The van der Waals surface area contributed by atoms with Crippen molar-refractivity contribution in [2.75, 3.05) is 0 Å². The second-order valence-corrected chi connectivity index (χ2v) is 5.36.